The second-order valence-corrected chi connectivity index (χ2v) is 5.76. The van der Waals surface area contributed by atoms with Crippen LogP contribution < -0.4 is 0 Å². The highest BCUT2D eigenvalue weighted by atomic mass is 16.1. The SMILES string of the molecule is CC1(C)CC(=O)c2ccn(C3CC3)c2C1. The topological polar surface area (TPSA) is 22.0 Å². The lowest BCUT2D eigenvalue weighted by atomic mass is 9.76. The van der Waals surface area contributed by atoms with Crippen LogP contribution in [0.3, 0.4) is 0 Å². The van der Waals surface area contributed by atoms with Gasteiger partial charge in [-0.1, -0.05) is 13.8 Å². The molecule has 0 bridgehead atoms. The first kappa shape index (κ1) is 9.20. The van der Waals surface area contributed by atoms with E-state index in [9.17, 15) is 4.79 Å². The van der Waals surface area contributed by atoms with Gasteiger partial charge in [0.2, 0.25) is 0 Å². The predicted molar refractivity (Wildman–Crippen MR) is 59.1 cm³/mol. The Morgan fingerprint density at radius 3 is 2.73 bits per heavy atom. The lowest BCUT2D eigenvalue weighted by Gasteiger charge is -2.29. The molecule has 0 spiro atoms. The summed E-state index contributed by atoms with van der Waals surface area (Å²) in [6, 6.07) is 2.71. The third-order valence-electron chi connectivity index (χ3n) is 3.55. The summed E-state index contributed by atoms with van der Waals surface area (Å²) in [6.07, 6.45) is 6.44. The van der Waals surface area contributed by atoms with Gasteiger partial charge in [-0.05, 0) is 30.7 Å². The zero-order valence-corrected chi connectivity index (χ0v) is 9.42. The average Bonchev–Trinajstić information content (AvgIpc) is 2.86. The molecule has 0 saturated heterocycles. The molecular weight excluding hydrogens is 186 g/mol. The quantitative estimate of drug-likeness (QED) is 0.687. The number of fused-ring (bicyclic) bond motifs is 1. The number of aromatic nitrogens is 1. The highest BCUT2D eigenvalue weighted by Crippen LogP contribution is 2.41. The second-order valence-electron chi connectivity index (χ2n) is 5.76. The fourth-order valence-corrected chi connectivity index (χ4v) is 2.66. The van der Waals surface area contributed by atoms with Crippen molar-refractivity contribution in [1.82, 2.24) is 4.57 Å². The number of nitrogens with zero attached hydrogens (tertiary/aromatic N) is 1. The van der Waals surface area contributed by atoms with Crippen LogP contribution in [0.4, 0.5) is 0 Å². The average molecular weight is 203 g/mol. The van der Waals surface area contributed by atoms with Crippen molar-refractivity contribution in [3.63, 3.8) is 0 Å². The molecule has 0 radical (unpaired) electrons. The molecule has 1 fully saturated rings. The predicted octanol–water partition coefficient (Wildman–Crippen LogP) is 2.98. The molecule has 80 valence electrons. The number of carbonyl (C=O) groups is 1. The van der Waals surface area contributed by atoms with Crippen molar-refractivity contribution in [3.05, 3.63) is 23.5 Å². The first-order chi connectivity index (χ1) is 7.07. The van der Waals surface area contributed by atoms with E-state index in [1.54, 1.807) is 0 Å². The van der Waals surface area contributed by atoms with Crippen LogP contribution in [-0.2, 0) is 6.42 Å². The molecule has 1 heterocycles. The molecule has 1 aromatic heterocycles. The van der Waals surface area contributed by atoms with Gasteiger partial charge in [0, 0.05) is 29.9 Å². The maximum atomic E-state index is 11.9. The van der Waals surface area contributed by atoms with E-state index < -0.39 is 0 Å². The number of Topliss-reactive ketones (excluding diaryl/α,β-unsaturated/α-hetero) is 1. The number of hydrogen-bond donors (Lipinski definition) is 0. The fourth-order valence-electron chi connectivity index (χ4n) is 2.66. The van der Waals surface area contributed by atoms with Crippen LogP contribution in [0.5, 0.6) is 0 Å². The number of hydrogen-bond acceptors (Lipinski definition) is 1. The summed E-state index contributed by atoms with van der Waals surface area (Å²) in [5.74, 6) is 0.334. The Labute approximate surface area is 90.3 Å². The molecule has 0 aromatic carbocycles. The van der Waals surface area contributed by atoms with Crippen molar-refractivity contribution in [1.29, 1.82) is 0 Å². The van der Waals surface area contributed by atoms with Gasteiger partial charge in [0.15, 0.2) is 5.78 Å². The summed E-state index contributed by atoms with van der Waals surface area (Å²) < 4.78 is 2.34. The third-order valence-corrected chi connectivity index (χ3v) is 3.55. The van der Waals surface area contributed by atoms with Crippen LogP contribution in [0.15, 0.2) is 12.3 Å². The van der Waals surface area contributed by atoms with E-state index in [0.29, 0.717) is 18.2 Å². The summed E-state index contributed by atoms with van der Waals surface area (Å²) >= 11 is 0. The maximum absolute atomic E-state index is 11.9. The van der Waals surface area contributed by atoms with E-state index in [2.05, 4.69) is 24.6 Å². The summed E-state index contributed by atoms with van der Waals surface area (Å²) in [7, 11) is 0. The van der Waals surface area contributed by atoms with E-state index in [0.717, 1.165) is 12.0 Å². The number of ketones is 1. The van der Waals surface area contributed by atoms with Gasteiger partial charge < -0.3 is 4.57 Å². The smallest absolute Gasteiger partial charge is 0.165 e. The number of carbonyl (C=O) groups excluding carboxylic acids is 1. The second kappa shape index (κ2) is 2.75. The van der Waals surface area contributed by atoms with Gasteiger partial charge in [0.25, 0.3) is 0 Å². The van der Waals surface area contributed by atoms with Gasteiger partial charge in [0.05, 0.1) is 0 Å². The van der Waals surface area contributed by atoms with Gasteiger partial charge >= 0.3 is 0 Å². The van der Waals surface area contributed by atoms with Crippen LogP contribution >= 0.6 is 0 Å². The Kier molecular flexibility index (Phi) is 1.68. The zero-order valence-electron chi connectivity index (χ0n) is 9.42. The minimum Gasteiger partial charge on any atom is -0.348 e. The van der Waals surface area contributed by atoms with Crippen molar-refractivity contribution in [2.24, 2.45) is 5.41 Å². The van der Waals surface area contributed by atoms with Crippen molar-refractivity contribution in [2.75, 3.05) is 0 Å². The van der Waals surface area contributed by atoms with Crippen LogP contribution in [0.1, 0.15) is 55.2 Å². The summed E-state index contributed by atoms with van der Waals surface area (Å²) in [5, 5.41) is 0. The molecule has 2 nitrogen and oxygen atoms in total. The molecule has 0 atom stereocenters. The molecule has 2 aliphatic rings. The molecule has 0 unspecified atom stereocenters. The molecule has 2 aliphatic carbocycles. The standard InChI is InChI=1S/C13H17NO/c1-13(2)7-11-10(12(15)8-13)5-6-14(11)9-3-4-9/h5-6,9H,3-4,7-8H2,1-2H3. The van der Waals surface area contributed by atoms with Crippen LogP contribution in [0.2, 0.25) is 0 Å². The lowest BCUT2D eigenvalue weighted by Crippen LogP contribution is -2.27. The Morgan fingerprint density at radius 1 is 1.33 bits per heavy atom. The van der Waals surface area contributed by atoms with Crippen LogP contribution in [0.25, 0.3) is 0 Å². The first-order valence-electron chi connectivity index (χ1n) is 5.80. The molecule has 0 N–H and O–H groups in total. The molecule has 0 amide bonds. The molecule has 15 heavy (non-hydrogen) atoms. The normalized spacial score (nSPS) is 24.0. The highest BCUT2D eigenvalue weighted by Gasteiger charge is 2.35. The van der Waals surface area contributed by atoms with Crippen molar-refractivity contribution in [3.8, 4) is 0 Å². The monoisotopic (exact) mass is 203 g/mol. The van der Waals surface area contributed by atoms with E-state index in [-0.39, 0.29) is 5.41 Å². The lowest BCUT2D eigenvalue weighted by molar-refractivity contribution is 0.0910. The Hall–Kier alpha value is -1.05. The maximum Gasteiger partial charge on any atom is 0.165 e. The van der Waals surface area contributed by atoms with Crippen molar-refractivity contribution >= 4 is 5.78 Å². The summed E-state index contributed by atoms with van der Waals surface area (Å²) in [4.78, 5) is 11.9. The number of rotatable bonds is 1. The molecular formula is C13H17NO. The van der Waals surface area contributed by atoms with Crippen LogP contribution in [-0.4, -0.2) is 10.4 Å². The van der Waals surface area contributed by atoms with Gasteiger partial charge in [-0.25, -0.2) is 0 Å². The highest BCUT2D eigenvalue weighted by molar-refractivity contribution is 5.98. The Balaban J connectivity index is 2.07. The summed E-state index contributed by atoms with van der Waals surface area (Å²) in [6.45, 7) is 4.39. The minimum atomic E-state index is 0.148. The van der Waals surface area contributed by atoms with E-state index in [4.69, 9.17) is 0 Å². The zero-order chi connectivity index (χ0) is 10.6. The van der Waals surface area contributed by atoms with Gasteiger partial charge in [-0.2, -0.15) is 0 Å². The minimum absolute atomic E-state index is 0.148. The molecule has 1 saturated carbocycles. The Morgan fingerprint density at radius 2 is 2.07 bits per heavy atom. The van der Waals surface area contributed by atoms with Gasteiger partial charge in [-0.15, -0.1) is 0 Å². The van der Waals surface area contributed by atoms with Gasteiger partial charge in [0.1, 0.15) is 0 Å². The molecule has 2 heteroatoms. The molecule has 0 aliphatic heterocycles. The van der Waals surface area contributed by atoms with Crippen molar-refractivity contribution < 1.29 is 4.79 Å². The first-order valence-corrected chi connectivity index (χ1v) is 5.80. The molecule has 3 rings (SSSR count). The van der Waals surface area contributed by atoms with Crippen molar-refractivity contribution in [2.45, 2.75) is 45.6 Å². The third kappa shape index (κ3) is 1.43. The van der Waals surface area contributed by atoms with E-state index >= 15 is 0 Å². The Bertz CT molecular complexity index is 424. The van der Waals surface area contributed by atoms with E-state index in [1.807, 2.05) is 6.07 Å². The van der Waals surface area contributed by atoms with E-state index in [1.165, 1.54) is 18.5 Å². The van der Waals surface area contributed by atoms with Gasteiger partial charge in [-0.3, -0.25) is 4.79 Å². The van der Waals surface area contributed by atoms with Crippen LogP contribution in [0, 0.1) is 5.41 Å². The largest absolute Gasteiger partial charge is 0.348 e. The fraction of sp³-hybridized carbons (Fsp3) is 0.615. The summed E-state index contributed by atoms with van der Waals surface area (Å²) in [5.41, 5.74) is 2.43. The molecule has 1 aromatic rings.